The van der Waals surface area contributed by atoms with Gasteiger partial charge in [0.05, 0.1) is 6.61 Å². The van der Waals surface area contributed by atoms with Crippen molar-refractivity contribution in [2.24, 2.45) is 5.92 Å². The van der Waals surface area contributed by atoms with E-state index < -0.39 is 0 Å². The quantitative estimate of drug-likeness (QED) is 0.700. The third-order valence-corrected chi connectivity index (χ3v) is 4.22. The summed E-state index contributed by atoms with van der Waals surface area (Å²) in [6, 6.07) is 1.08. The van der Waals surface area contributed by atoms with Gasteiger partial charge in [0.1, 0.15) is 0 Å². The minimum atomic E-state index is 0.334. The molecule has 0 radical (unpaired) electrons. The molecule has 88 valence electrons. The summed E-state index contributed by atoms with van der Waals surface area (Å²) in [5, 5.41) is 13.1. The summed E-state index contributed by atoms with van der Waals surface area (Å²) in [4.78, 5) is 0. The summed E-state index contributed by atoms with van der Waals surface area (Å²) in [5.41, 5.74) is 0. The van der Waals surface area contributed by atoms with Crippen molar-refractivity contribution >= 4 is 0 Å². The van der Waals surface area contributed by atoms with Crippen LogP contribution >= 0.6 is 0 Å². The highest BCUT2D eigenvalue weighted by atomic mass is 16.3. The minimum Gasteiger partial charge on any atom is -0.395 e. The van der Waals surface area contributed by atoms with Crippen molar-refractivity contribution in [2.75, 3.05) is 6.61 Å². The first-order chi connectivity index (χ1) is 7.40. The Morgan fingerprint density at radius 1 is 0.933 bits per heavy atom. The van der Waals surface area contributed by atoms with E-state index in [4.69, 9.17) is 0 Å². The Labute approximate surface area is 93.5 Å². The van der Waals surface area contributed by atoms with Gasteiger partial charge in [-0.25, -0.2) is 0 Å². The molecule has 2 nitrogen and oxygen atoms in total. The van der Waals surface area contributed by atoms with Gasteiger partial charge < -0.3 is 10.4 Å². The molecule has 0 amide bonds. The maximum atomic E-state index is 9.40. The summed E-state index contributed by atoms with van der Waals surface area (Å²) in [6.45, 7) is 0.334. The zero-order valence-electron chi connectivity index (χ0n) is 9.75. The van der Waals surface area contributed by atoms with Crippen molar-refractivity contribution in [3.05, 3.63) is 0 Å². The monoisotopic (exact) mass is 211 g/mol. The zero-order chi connectivity index (χ0) is 10.5. The van der Waals surface area contributed by atoms with E-state index in [9.17, 15) is 5.11 Å². The molecule has 0 aromatic heterocycles. The van der Waals surface area contributed by atoms with Crippen LogP contribution in [0.25, 0.3) is 0 Å². The maximum absolute atomic E-state index is 9.40. The van der Waals surface area contributed by atoms with Gasteiger partial charge in [0.15, 0.2) is 0 Å². The molecule has 0 saturated heterocycles. The van der Waals surface area contributed by atoms with E-state index in [1.54, 1.807) is 0 Å². The number of hydrogen-bond acceptors (Lipinski definition) is 2. The number of aliphatic hydroxyl groups excluding tert-OH is 1. The molecule has 0 bridgehead atoms. The third-order valence-electron chi connectivity index (χ3n) is 4.22. The second-order valence-corrected chi connectivity index (χ2v) is 5.34. The molecule has 2 N–H and O–H groups in total. The van der Waals surface area contributed by atoms with Gasteiger partial charge in [-0.2, -0.15) is 0 Å². The van der Waals surface area contributed by atoms with Crippen molar-refractivity contribution < 1.29 is 5.11 Å². The van der Waals surface area contributed by atoms with Crippen molar-refractivity contribution in [3.63, 3.8) is 0 Å². The Kier molecular flexibility index (Phi) is 4.45. The molecule has 1 atom stereocenters. The molecule has 0 spiro atoms. The van der Waals surface area contributed by atoms with Crippen LogP contribution in [0.5, 0.6) is 0 Å². The van der Waals surface area contributed by atoms with Crippen LogP contribution in [0.4, 0.5) is 0 Å². The van der Waals surface area contributed by atoms with Crippen molar-refractivity contribution in [2.45, 2.75) is 69.9 Å². The summed E-state index contributed by atoms with van der Waals surface area (Å²) >= 11 is 0. The van der Waals surface area contributed by atoms with Gasteiger partial charge in [-0.3, -0.25) is 0 Å². The van der Waals surface area contributed by atoms with Gasteiger partial charge in [-0.05, 0) is 31.6 Å². The zero-order valence-corrected chi connectivity index (χ0v) is 9.75. The fourth-order valence-electron chi connectivity index (χ4n) is 2.93. The van der Waals surface area contributed by atoms with E-state index in [1.807, 2.05) is 0 Å². The van der Waals surface area contributed by atoms with E-state index in [0.717, 1.165) is 5.92 Å². The molecule has 2 rings (SSSR count). The Morgan fingerprint density at radius 2 is 1.60 bits per heavy atom. The first-order valence-corrected chi connectivity index (χ1v) is 6.77. The van der Waals surface area contributed by atoms with Gasteiger partial charge >= 0.3 is 0 Å². The van der Waals surface area contributed by atoms with Gasteiger partial charge in [0.25, 0.3) is 0 Å². The number of hydrogen-bond donors (Lipinski definition) is 2. The van der Waals surface area contributed by atoms with Gasteiger partial charge in [-0.15, -0.1) is 0 Å². The largest absolute Gasteiger partial charge is 0.395 e. The predicted octanol–water partition coefficient (Wildman–Crippen LogP) is 2.46. The Hall–Kier alpha value is -0.0800. The summed E-state index contributed by atoms with van der Waals surface area (Å²) in [6.07, 6.45) is 12.2. The van der Waals surface area contributed by atoms with E-state index in [-0.39, 0.29) is 0 Å². The lowest BCUT2D eigenvalue weighted by Gasteiger charge is -2.35. The van der Waals surface area contributed by atoms with Crippen LogP contribution in [0.1, 0.15) is 57.8 Å². The molecule has 2 saturated carbocycles. The SMILES string of the molecule is OCC(NC1CCCCCC1)C1CCC1. The topological polar surface area (TPSA) is 32.3 Å². The molecular weight excluding hydrogens is 186 g/mol. The summed E-state index contributed by atoms with van der Waals surface area (Å²) in [7, 11) is 0. The smallest absolute Gasteiger partial charge is 0.0587 e. The van der Waals surface area contributed by atoms with Crippen LogP contribution < -0.4 is 5.32 Å². The molecule has 1 unspecified atom stereocenters. The van der Waals surface area contributed by atoms with Crippen molar-refractivity contribution in [1.29, 1.82) is 0 Å². The Morgan fingerprint density at radius 3 is 2.07 bits per heavy atom. The van der Waals surface area contributed by atoms with Gasteiger partial charge in [0, 0.05) is 12.1 Å². The maximum Gasteiger partial charge on any atom is 0.0587 e. The van der Waals surface area contributed by atoms with Crippen LogP contribution in [0.2, 0.25) is 0 Å². The average Bonchev–Trinajstić information content (AvgIpc) is 2.42. The Balaban J connectivity index is 1.76. The van der Waals surface area contributed by atoms with Crippen LogP contribution in [0.3, 0.4) is 0 Å². The minimum absolute atomic E-state index is 0.334. The lowest BCUT2D eigenvalue weighted by molar-refractivity contribution is 0.136. The molecule has 0 aromatic rings. The first kappa shape index (κ1) is 11.4. The fourth-order valence-corrected chi connectivity index (χ4v) is 2.93. The standard InChI is InChI=1S/C13H25NO/c15-10-13(11-6-5-7-11)14-12-8-3-1-2-4-9-12/h11-15H,1-10H2. The molecule has 0 aliphatic heterocycles. The average molecular weight is 211 g/mol. The van der Waals surface area contributed by atoms with Crippen LogP contribution in [0.15, 0.2) is 0 Å². The number of nitrogens with one attached hydrogen (secondary N) is 1. The fraction of sp³-hybridized carbons (Fsp3) is 1.00. The van der Waals surface area contributed by atoms with Crippen LogP contribution in [-0.4, -0.2) is 23.8 Å². The normalized spacial score (nSPS) is 27.0. The van der Waals surface area contributed by atoms with E-state index in [2.05, 4.69) is 5.32 Å². The lowest BCUT2D eigenvalue weighted by atomic mass is 9.79. The predicted molar refractivity (Wildman–Crippen MR) is 62.8 cm³/mol. The molecule has 2 heteroatoms. The van der Waals surface area contributed by atoms with Crippen molar-refractivity contribution in [3.8, 4) is 0 Å². The highest BCUT2D eigenvalue weighted by Gasteiger charge is 2.28. The Bertz CT molecular complexity index is 171. The first-order valence-electron chi connectivity index (χ1n) is 6.77. The molecule has 0 aromatic carbocycles. The number of rotatable bonds is 4. The second-order valence-electron chi connectivity index (χ2n) is 5.34. The second kappa shape index (κ2) is 5.86. The lowest BCUT2D eigenvalue weighted by Crippen LogP contribution is -2.47. The van der Waals surface area contributed by atoms with Crippen LogP contribution in [-0.2, 0) is 0 Å². The highest BCUT2D eigenvalue weighted by Crippen LogP contribution is 2.30. The highest BCUT2D eigenvalue weighted by molar-refractivity contribution is 4.85. The molecule has 0 heterocycles. The van der Waals surface area contributed by atoms with Crippen molar-refractivity contribution in [1.82, 2.24) is 5.32 Å². The van der Waals surface area contributed by atoms with E-state index in [1.165, 1.54) is 57.8 Å². The van der Waals surface area contributed by atoms with Gasteiger partial charge in [0.2, 0.25) is 0 Å². The van der Waals surface area contributed by atoms with E-state index >= 15 is 0 Å². The van der Waals surface area contributed by atoms with E-state index in [0.29, 0.717) is 18.7 Å². The summed E-state index contributed by atoms with van der Waals surface area (Å²) < 4.78 is 0. The van der Waals surface area contributed by atoms with Crippen LogP contribution in [0, 0.1) is 5.92 Å². The molecule has 2 aliphatic rings. The molecular formula is C13H25NO. The van der Waals surface area contributed by atoms with Gasteiger partial charge in [-0.1, -0.05) is 32.1 Å². The molecule has 2 aliphatic carbocycles. The summed E-state index contributed by atoms with van der Waals surface area (Å²) in [5.74, 6) is 0.762. The molecule has 15 heavy (non-hydrogen) atoms. The third kappa shape index (κ3) is 3.18. The molecule has 2 fully saturated rings. The number of aliphatic hydroxyl groups is 1.